The second-order valence-corrected chi connectivity index (χ2v) is 5.71. The van der Waals surface area contributed by atoms with E-state index in [1.54, 1.807) is 18.2 Å². The van der Waals surface area contributed by atoms with Crippen molar-refractivity contribution >= 4 is 5.69 Å². The highest BCUT2D eigenvalue weighted by molar-refractivity contribution is 5.69. The maximum Gasteiger partial charge on any atom is 0.168 e. The van der Waals surface area contributed by atoms with Crippen molar-refractivity contribution in [1.82, 2.24) is 14.8 Å². The van der Waals surface area contributed by atoms with E-state index in [9.17, 15) is 9.50 Å². The van der Waals surface area contributed by atoms with Gasteiger partial charge >= 0.3 is 0 Å². The summed E-state index contributed by atoms with van der Waals surface area (Å²) in [7, 11) is 0. The zero-order valence-electron chi connectivity index (χ0n) is 12.5. The molecule has 1 unspecified atom stereocenters. The molecule has 0 saturated carbocycles. The lowest BCUT2D eigenvalue weighted by molar-refractivity contribution is 0.475. The van der Waals surface area contributed by atoms with Gasteiger partial charge in [-0.15, -0.1) is 10.2 Å². The summed E-state index contributed by atoms with van der Waals surface area (Å²) in [6, 6.07) is 11.4. The summed E-state index contributed by atoms with van der Waals surface area (Å²) in [5, 5.41) is 21.6. The molecular formula is C17H15FN4O. The minimum atomic E-state index is -0.314. The highest BCUT2D eigenvalue weighted by atomic mass is 19.1. The number of hydrogen-bond acceptors (Lipinski definition) is 4. The van der Waals surface area contributed by atoms with E-state index in [1.165, 1.54) is 12.1 Å². The van der Waals surface area contributed by atoms with Crippen molar-refractivity contribution in [3.63, 3.8) is 0 Å². The van der Waals surface area contributed by atoms with Crippen molar-refractivity contribution in [3.8, 4) is 22.8 Å². The zero-order chi connectivity index (χ0) is 16.0. The standard InChI is InChI=1S/C17H15FN4O/c1-10-9-19-14-8-13(23)5-6-15(14)22-16(10)20-21-17(22)11-3-2-4-12(18)7-11/h2-8,10,19,23H,9H2,1H3. The molecule has 6 heteroatoms. The van der Waals surface area contributed by atoms with Gasteiger partial charge in [-0.1, -0.05) is 19.1 Å². The van der Waals surface area contributed by atoms with Gasteiger partial charge in [-0.3, -0.25) is 4.57 Å². The molecule has 3 aromatic rings. The predicted molar refractivity (Wildman–Crippen MR) is 85.3 cm³/mol. The second kappa shape index (κ2) is 5.08. The molecule has 116 valence electrons. The van der Waals surface area contributed by atoms with Gasteiger partial charge in [0.25, 0.3) is 0 Å². The molecule has 4 rings (SSSR count). The highest BCUT2D eigenvalue weighted by Crippen LogP contribution is 2.35. The Kier molecular flexibility index (Phi) is 3.04. The fourth-order valence-corrected chi connectivity index (χ4v) is 2.88. The van der Waals surface area contributed by atoms with Crippen LogP contribution in [0, 0.1) is 5.82 Å². The SMILES string of the molecule is CC1CNc2cc(O)ccc2-n2c(-c3cccc(F)c3)nnc21. The third-order valence-electron chi connectivity index (χ3n) is 4.03. The normalized spacial score (nSPS) is 16.2. The molecule has 0 radical (unpaired) electrons. The molecule has 1 aliphatic rings. The molecule has 2 heterocycles. The van der Waals surface area contributed by atoms with Crippen molar-refractivity contribution in [3.05, 3.63) is 54.1 Å². The molecule has 5 nitrogen and oxygen atoms in total. The van der Waals surface area contributed by atoms with Gasteiger partial charge in [-0.25, -0.2) is 4.39 Å². The van der Waals surface area contributed by atoms with Crippen molar-refractivity contribution in [2.45, 2.75) is 12.8 Å². The molecule has 23 heavy (non-hydrogen) atoms. The quantitative estimate of drug-likeness (QED) is 0.724. The van der Waals surface area contributed by atoms with E-state index < -0.39 is 0 Å². The Bertz CT molecular complexity index is 890. The molecule has 0 bridgehead atoms. The molecule has 1 atom stereocenters. The third-order valence-corrected chi connectivity index (χ3v) is 4.03. The van der Waals surface area contributed by atoms with Crippen LogP contribution >= 0.6 is 0 Å². The number of aromatic nitrogens is 3. The van der Waals surface area contributed by atoms with Crippen LogP contribution in [0.2, 0.25) is 0 Å². The van der Waals surface area contributed by atoms with Crippen molar-refractivity contribution in [2.24, 2.45) is 0 Å². The maximum atomic E-state index is 13.6. The molecule has 1 aliphatic heterocycles. The number of phenolic OH excluding ortho intramolecular Hbond substituents is 1. The van der Waals surface area contributed by atoms with Crippen molar-refractivity contribution in [1.29, 1.82) is 0 Å². The van der Waals surface area contributed by atoms with E-state index in [0.29, 0.717) is 17.9 Å². The zero-order valence-corrected chi connectivity index (χ0v) is 12.5. The minimum absolute atomic E-state index is 0.124. The Morgan fingerprint density at radius 1 is 1.22 bits per heavy atom. The van der Waals surface area contributed by atoms with Crippen molar-refractivity contribution < 1.29 is 9.50 Å². The van der Waals surface area contributed by atoms with Crippen LogP contribution in [0.25, 0.3) is 17.1 Å². The first-order valence-electron chi connectivity index (χ1n) is 7.42. The number of hydrogen-bond donors (Lipinski definition) is 2. The summed E-state index contributed by atoms with van der Waals surface area (Å²) >= 11 is 0. The average Bonchev–Trinajstić information content (AvgIpc) is 2.92. The van der Waals surface area contributed by atoms with Crippen LogP contribution in [-0.4, -0.2) is 26.4 Å². The summed E-state index contributed by atoms with van der Waals surface area (Å²) in [5.41, 5.74) is 2.30. The van der Waals surface area contributed by atoms with Gasteiger partial charge in [0.2, 0.25) is 0 Å². The summed E-state index contributed by atoms with van der Waals surface area (Å²) in [6.45, 7) is 2.73. The lowest BCUT2D eigenvalue weighted by Gasteiger charge is -2.12. The number of phenols is 1. The van der Waals surface area contributed by atoms with Gasteiger partial charge < -0.3 is 10.4 Å². The number of benzene rings is 2. The van der Waals surface area contributed by atoms with Gasteiger partial charge in [0, 0.05) is 24.1 Å². The molecule has 0 spiro atoms. The fraction of sp³-hybridized carbons (Fsp3) is 0.176. The topological polar surface area (TPSA) is 63.0 Å². The molecular weight excluding hydrogens is 295 g/mol. The Labute approximate surface area is 132 Å². The van der Waals surface area contributed by atoms with E-state index in [1.807, 2.05) is 16.7 Å². The van der Waals surface area contributed by atoms with E-state index >= 15 is 0 Å². The van der Waals surface area contributed by atoms with Crippen LogP contribution in [0.4, 0.5) is 10.1 Å². The molecule has 1 aromatic heterocycles. The van der Waals surface area contributed by atoms with Crippen molar-refractivity contribution in [2.75, 3.05) is 11.9 Å². The molecule has 0 saturated heterocycles. The minimum Gasteiger partial charge on any atom is -0.508 e. The summed E-state index contributed by atoms with van der Waals surface area (Å²) < 4.78 is 15.5. The Balaban J connectivity index is 1.99. The number of nitrogens with one attached hydrogen (secondary N) is 1. The first-order chi connectivity index (χ1) is 11.1. The van der Waals surface area contributed by atoms with Crippen LogP contribution in [-0.2, 0) is 0 Å². The van der Waals surface area contributed by atoms with Gasteiger partial charge in [0.15, 0.2) is 5.82 Å². The molecule has 0 aliphatic carbocycles. The Hall–Kier alpha value is -2.89. The Morgan fingerprint density at radius 3 is 2.91 bits per heavy atom. The third kappa shape index (κ3) is 2.23. The molecule has 0 amide bonds. The highest BCUT2D eigenvalue weighted by Gasteiger charge is 2.25. The predicted octanol–water partition coefficient (Wildman–Crippen LogP) is 3.31. The fourth-order valence-electron chi connectivity index (χ4n) is 2.88. The van der Waals surface area contributed by atoms with Crippen LogP contribution < -0.4 is 5.32 Å². The largest absolute Gasteiger partial charge is 0.508 e. The average molecular weight is 310 g/mol. The van der Waals surface area contributed by atoms with Gasteiger partial charge in [-0.2, -0.15) is 0 Å². The number of fused-ring (bicyclic) bond motifs is 3. The smallest absolute Gasteiger partial charge is 0.168 e. The van der Waals surface area contributed by atoms with Crippen LogP contribution in [0.15, 0.2) is 42.5 Å². The Morgan fingerprint density at radius 2 is 2.09 bits per heavy atom. The maximum absolute atomic E-state index is 13.6. The summed E-state index contributed by atoms with van der Waals surface area (Å²) in [5.74, 6) is 1.39. The number of anilines is 1. The van der Waals surface area contributed by atoms with Gasteiger partial charge in [0.05, 0.1) is 11.4 Å². The van der Waals surface area contributed by atoms with Crippen LogP contribution in [0.5, 0.6) is 5.75 Å². The van der Waals surface area contributed by atoms with E-state index in [-0.39, 0.29) is 17.5 Å². The molecule has 0 fully saturated rings. The lowest BCUT2D eigenvalue weighted by atomic mass is 10.1. The number of nitrogens with zero attached hydrogens (tertiary/aromatic N) is 3. The summed E-state index contributed by atoms with van der Waals surface area (Å²) in [4.78, 5) is 0. The van der Waals surface area contributed by atoms with E-state index in [0.717, 1.165) is 17.2 Å². The number of aromatic hydroxyl groups is 1. The number of halogens is 1. The monoisotopic (exact) mass is 310 g/mol. The van der Waals surface area contributed by atoms with Gasteiger partial charge in [-0.05, 0) is 24.3 Å². The number of rotatable bonds is 1. The molecule has 2 N–H and O–H groups in total. The van der Waals surface area contributed by atoms with Crippen LogP contribution in [0.1, 0.15) is 18.7 Å². The molecule has 2 aromatic carbocycles. The first-order valence-corrected chi connectivity index (χ1v) is 7.42. The van der Waals surface area contributed by atoms with Gasteiger partial charge in [0.1, 0.15) is 17.4 Å². The first kappa shape index (κ1) is 13.8. The van der Waals surface area contributed by atoms with Crippen LogP contribution in [0.3, 0.4) is 0 Å². The summed E-state index contributed by atoms with van der Waals surface area (Å²) in [6.07, 6.45) is 0. The lowest BCUT2D eigenvalue weighted by Crippen LogP contribution is -2.09. The van der Waals surface area contributed by atoms with E-state index in [2.05, 4.69) is 22.4 Å². The second-order valence-electron chi connectivity index (χ2n) is 5.71. The van der Waals surface area contributed by atoms with E-state index in [4.69, 9.17) is 0 Å².